The first-order valence-corrected chi connectivity index (χ1v) is 8.45. The summed E-state index contributed by atoms with van der Waals surface area (Å²) in [7, 11) is 0. The number of carbonyl (C=O) groups is 5. The van der Waals surface area contributed by atoms with E-state index in [9.17, 15) is 29.1 Å². The van der Waals surface area contributed by atoms with Crippen molar-refractivity contribution in [3.63, 3.8) is 0 Å². The molecule has 1 heterocycles. The van der Waals surface area contributed by atoms with Gasteiger partial charge in [-0.15, -0.1) is 0 Å². The van der Waals surface area contributed by atoms with Crippen LogP contribution in [0.25, 0.3) is 0 Å². The van der Waals surface area contributed by atoms with Gasteiger partial charge in [0, 0.05) is 6.54 Å². The molecule has 0 spiro atoms. The van der Waals surface area contributed by atoms with E-state index in [1.54, 1.807) is 0 Å². The molecule has 3 amide bonds. The number of hydrogen-bond donors (Lipinski definition) is 7. The van der Waals surface area contributed by atoms with Gasteiger partial charge in [0.2, 0.25) is 17.7 Å². The molecule has 1 saturated heterocycles. The van der Waals surface area contributed by atoms with Gasteiger partial charge in [-0.05, 0) is 12.8 Å². The molecule has 28 heavy (non-hydrogen) atoms. The van der Waals surface area contributed by atoms with Crippen LogP contribution >= 0.6 is 0 Å². The first kappa shape index (κ1) is 23.3. The molecule has 1 aliphatic rings. The molecule has 13 nitrogen and oxygen atoms in total. The Balaban J connectivity index is 2.90. The number of carboxylic acids is 2. The summed E-state index contributed by atoms with van der Waals surface area (Å²) in [6.07, 6.45) is -0.219. The smallest absolute Gasteiger partial charge is 0.326 e. The van der Waals surface area contributed by atoms with Crippen LogP contribution in [-0.4, -0.2) is 98.9 Å². The third kappa shape index (κ3) is 6.14. The molecule has 1 fully saturated rings. The summed E-state index contributed by atoms with van der Waals surface area (Å²) < 4.78 is 0. The van der Waals surface area contributed by atoms with Crippen LogP contribution in [0.1, 0.15) is 19.3 Å². The molecule has 0 aromatic heterocycles. The second-order valence-electron chi connectivity index (χ2n) is 6.22. The highest BCUT2D eigenvalue weighted by atomic mass is 16.4. The molecule has 0 bridgehead atoms. The van der Waals surface area contributed by atoms with Crippen molar-refractivity contribution in [3.8, 4) is 0 Å². The van der Waals surface area contributed by atoms with Crippen LogP contribution in [0.4, 0.5) is 0 Å². The maximum atomic E-state index is 12.6. The van der Waals surface area contributed by atoms with E-state index in [-0.39, 0.29) is 13.0 Å². The van der Waals surface area contributed by atoms with E-state index >= 15 is 0 Å². The molecule has 1 aliphatic heterocycles. The number of aliphatic hydroxyl groups is 2. The van der Waals surface area contributed by atoms with Crippen LogP contribution in [0, 0.1) is 0 Å². The summed E-state index contributed by atoms with van der Waals surface area (Å²) in [6.45, 7) is -1.50. The monoisotopic (exact) mass is 404 g/mol. The fraction of sp³-hybridized carbons (Fsp3) is 0.667. The zero-order valence-electron chi connectivity index (χ0n) is 14.9. The molecule has 0 aromatic carbocycles. The Kier molecular flexibility index (Phi) is 8.76. The van der Waals surface area contributed by atoms with E-state index < -0.39 is 73.5 Å². The van der Waals surface area contributed by atoms with Crippen molar-refractivity contribution in [2.75, 3.05) is 19.8 Å². The number of aliphatic hydroxyl groups excluding tert-OH is 2. The molecule has 13 heteroatoms. The van der Waals surface area contributed by atoms with Crippen LogP contribution < -0.4 is 16.4 Å². The fourth-order valence-corrected chi connectivity index (χ4v) is 2.69. The fourth-order valence-electron chi connectivity index (χ4n) is 2.69. The molecule has 4 unspecified atom stereocenters. The van der Waals surface area contributed by atoms with Gasteiger partial charge >= 0.3 is 11.9 Å². The Hall–Kier alpha value is -2.77. The van der Waals surface area contributed by atoms with Crippen molar-refractivity contribution in [2.45, 2.75) is 43.4 Å². The average molecular weight is 404 g/mol. The summed E-state index contributed by atoms with van der Waals surface area (Å²) in [4.78, 5) is 59.8. The molecular formula is C15H24N4O9. The number of carbonyl (C=O) groups excluding carboxylic acids is 3. The van der Waals surface area contributed by atoms with Crippen molar-refractivity contribution >= 4 is 29.7 Å². The summed E-state index contributed by atoms with van der Waals surface area (Å²) in [5.74, 6) is -5.56. The summed E-state index contributed by atoms with van der Waals surface area (Å²) in [6, 6.07) is -5.62. The molecule has 8 N–H and O–H groups in total. The topological polar surface area (TPSA) is 220 Å². The lowest BCUT2D eigenvalue weighted by molar-refractivity contribution is -0.150. The van der Waals surface area contributed by atoms with Gasteiger partial charge < -0.3 is 41.7 Å². The normalized spacial score (nSPS) is 19.4. The van der Waals surface area contributed by atoms with E-state index in [2.05, 4.69) is 10.6 Å². The van der Waals surface area contributed by atoms with E-state index in [0.29, 0.717) is 6.42 Å². The molecule has 158 valence electrons. The number of nitrogens with one attached hydrogen (secondary N) is 2. The maximum Gasteiger partial charge on any atom is 0.326 e. The predicted octanol–water partition coefficient (Wildman–Crippen LogP) is -4.18. The Morgan fingerprint density at radius 3 is 2.11 bits per heavy atom. The van der Waals surface area contributed by atoms with Gasteiger partial charge in [-0.3, -0.25) is 19.2 Å². The molecular weight excluding hydrogens is 380 g/mol. The minimum atomic E-state index is -1.59. The van der Waals surface area contributed by atoms with E-state index in [4.69, 9.17) is 21.1 Å². The maximum absolute atomic E-state index is 12.6. The quantitative estimate of drug-likeness (QED) is 0.186. The van der Waals surface area contributed by atoms with Gasteiger partial charge in [-0.1, -0.05) is 0 Å². The third-order valence-electron chi connectivity index (χ3n) is 4.16. The second kappa shape index (κ2) is 10.5. The average Bonchev–Trinajstić information content (AvgIpc) is 3.13. The minimum Gasteiger partial charge on any atom is -0.481 e. The standard InChI is InChI=1S/C15H24N4O9/c16-7(5-20)12(24)18-9(6-21)13(25)17-8(4-11(22)23)14(26)19-3-1-2-10(19)15(27)28/h7-10,20-21H,1-6,16H2,(H,17,25)(H,18,24)(H,22,23)(H,27,28). The lowest BCUT2D eigenvalue weighted by Crippen LogP contribution is -2.58. The first-order chi connectivity index (χ1) is 13.1. The minimum absolute atomic E-state index is 0.0906. The van der Waals surface area contributed by atoms with Crippen molar-refractivity contribution in [3.05, 3.63) is 0 Å². The highest BCUT2D eigenvalue weighted by Crippen LogP contribution is 2.19. The Morgan fingerprint density at radius 1 is 1.00 bits per heavy atom. The Labute approximate surface area is 159 Å². The van der Waals surface area contributed by atoms with E-state index in [1.807, 2.05) is 0 Å². The summed E-state index contributed by atoms with van der Waals surface area (Å²) >= 11 is 0. The molecule has 0 radical (unpaired) electrons. The highest BCUT2D eigenvalue weighted by molar-refractivity contribution is 5.95. The number of nitrogens with zero attached hydrogens (tertiary/aromatic N) is 1. The van der Waals surface area contributed by atoms with Crippen molar-refractivity contribution in [1.29, 1.82) is 0 Å². The molecule has 4 atom stereocenters. The van der Waals surface area contributed by atoms with Crippen molar-refractivity contribution in [1.82, 2.24) is 15.5 Å². The zero-order chi connectivity index (χ0) is 21.4. The van der Waals surface area contributed by atoms with Gasteiger partial charge in [0.25, 0.3) is 0 Å². The molecule has 0 aliphatic carbocycles. The van der Waals surface area contributed by atoms with Gasteiger partial charge in [0.05, 0.1) is 19.6 Å². The Bertz CT molecular complexity index is 627. The highest BCUT2D eigenvalue weighted by Gasteiger charge is 2.39. The van der Waals surface area contributed by atoms with E-state index in [0.717, 1.165) is 4.90 Å². The number of likely N-dealkylation sites (tertiary alicyclic amines) is 1. The van der Waals surface area contributed by atoms with Gasteiger partial charge in [0.1, 0.15) is 24.2 Å². The number of carboxylic acid groups (broad SMARTS) is 2. The number of amides is 3. The lowest BCUT2D eigenvalue weighted by atomic mass is 10.1. The largest absolute Gasteiger partial charge is 0.481 e. The Morgan fingerprint density at radius 2 is 1.61 bits per heavy atom. The van der Waals surface area contributed by atoms with Crippen LogP contribution in [0.15, 0.2) is 0 Å². The number of nitrogens with two attached hydrogens (primary N) is 1. The van der Waals surface area contributed by atoms with Gasteiger partial charge in [0.15, 0.2) is 0 Å². The van der Waals surface area contributed by atoms with Gasteiger partial charge in [-0.2, -0.15) is 0 Å². The second-order valence-corrected chi connectivity index (χ2v) is 6.22. The number of rotatable bonds is 10. The van der Waals surface area contributed by atoms with Crippen LogP contribution in [0.2, 0.25) is 0 Å². The third-order valence-corrected chi connectivity index (χ3v) is 4.16. The molecule has 1 rings (SSSR count). The predicted molar refractivity (Wildman–Crippen MR) is 90.6 cm³/mol. The summed E-state index contributed by atoms with van der Waals surface area (Å²) in [5, 5.41) is 40.5. The van der Waals surface area contributed by atoms with E-state index in [1.165, 1.54) is 0 Å². The van der Waals surface area contributed by atoms with Gasteiger partial charge in [-0.25, -0.2) is 4.79 Å². The summed E-state index contributed by atoms with van der Waals surface area (Å²) in [5.41, 5.74) is 5.29. The first-order valence-electron chi connectivity index (χ1n) is 8.45. The molecule has 0 saturated carbocycles. The van der Waals surface area contributed by atoms with Crippen LogP contribution in [0.5, 0.6) is 0 Å². The zero-order valence-corrected chi connectivity index (χ0v) is 14.9. The molecule has 0 aromatic rings. The van der Waals surface area contributed by atoms with Crippen LogP contribution in [0.3, 0.4) is 0 Å². The SMILES string of the molecule is NC(CO)C(=O)NC(CO)C(=O)NC(CC(=O)O)C(=O)N1CCCC1C(=O)O. The van der Waals surface area contributed by atoms with Crippen molar-refractivity contribution < 1.29 is 44.4 Å². The lowest BCUT2D eigenvalue weighted by Gasteiger charge is -2.27. The number of aliphatic carboxylic acids is 2. The number of hydrogen-bond acceptors (Lipinski definition) is 8. The van der Waals surface area contributed by atoms with Crippen molar-refractivity contribution in [2.24, 2.45) is 5.73 Å². The van der Waals surface area contributed by atoms with Crippen LogP contribution in [-0.2, 0) is 24.0 Å².